The Morgan fingerprint density at radius 3 is 2.64 bits per heavy atom. The van der Waals surface area contributed by atoms with Gasteiger partial charge < -0.3 is 10.5 Å². The lowest BCUT2D eigenvalue weighted by Gasteiger charge is -2.10. The molecule has 0 amide bonds. The molecule has 1 aliphatic rings. The molecular weight excluding hydrogens is 152 g/mol. The van der Waals surface area contributed by atoms with Gasteiger partial charge in [0.2, 0.25) is 0 Å². The Morgan fingerprint density at radius 1 is 1.45 bits per heavy atom. The Labute approximate surface area is 64.7 Å². The highest BCUT2D eigenvalue weighted by molar-refractivity contribution is 4.78. The summed E-state index contributed by atoms with van der Waals surface area (Å²) in [6.45, 7) is -0.447. The maximum atomic E-state index is 11.6. The topological polar surface area (TPSA) is 35.2 Å². The second-order valence-electron chi connectivity index (χ2n) is 2.92. The summed E-state index contributed by atoms with van der Waals surface area (Å²) in [4.78, 5) is 0. The van der Waals surface area contributed by atoms with Crippen LogP contribution in [0.3, 0.4) is 0 Å². The van der Waals surface area contributed by atoms with E-state index in [1.165, 1.54) is 0 Å². The van der Waals surface area contributed by atoms with Crippen molar-refractivity contribution in [3.63, 3.8) is 0 Å². The molecular formula is C7H13F2NO. The molecule has 11 heavy (non-hydrogen) atoms. The van der Waals surface area contributed by atoms with E-state index in [-0.39, 0.29) is 12.1 Å². The van der Waals surface area contributed by atoms with Gasteiger partial charge in [0.15, 0.2) is 0 Å². The van der Waals surface area contributed by atoms with Gasteiger partial charge >= 0.3 is 0 Å². The lowest BCUT2D eigenvalue weighted by atomic mass is 10.3. The van der Waals surface area contributed by atoms with Gasteiger partial charge in [-0.3, -0.25) is 0 Å². The number of halogens is 2. The van der Waals surface area contributed by atoms with Gasteiger partial charge in [-0.1, -0.05) is 0 Å². The van der Waals surface area contributed by atoms with Crippen LogP contribution in [0.2, 0.25) is 0 Å². The monoisotopic (exact) mass is 165 g/mol. The van der Waals surface area contributed by atoms with Crippen molar-refractivity contribution >= 4 is 0 Å². The van der Waals surface area contributed by atoms with Gasteiger partial charge in [0.25, 0.3) is 6.43 Å². The number of rotatable bonds is 3. The van der Waals surface area contributed by atoms with Crippen LogP contribution in [0, 0.1) is 0 Å². The van der Waals surface area contributed by atoms with Gasteiger partial charge in [0.05, 0.1) is 6.10 Å². The van der Waals surface area contributed by atoms with Crippen LogP contribution in [0.1, 0.15) is 19.3 Å². The van der Waals surface area contributed by atoms with Gasteiger partial charge in [0.1, 0.15) is 6.61 Å². The third-order valence-corrected chi connectivity index (χ3v) is 1.88. The van der Waals surface area contributed by atoms with E-state index < -0.39 is 13.0 Å². The first-order chi connectivity index (χ1) is 5.18. The van der Waals surface area contributed by atoms with Gasteiger partial charge in [-0.25, -0.2) is 8.78 Å². The highest BCUT2D eigenvalue weighted by Crippen LogP contribution is 2.20. The molecule has 1 rings (SSSR count). The first kappa shape index (κ1) is 8.87. The van der Waals surface area contributed by atoms with Crippen LogP contribution in [0.15, 0.2) is 0 Å². The van der Waals surface area contributed by atoms with Crippen LogP contribution < -0.4 is 5.73 Å². The van der Waals surface area contributed by atoms with Crippen molar-refractivity contribution in [3.05, 3.63) is 0 Å². The molecule has 66 valence electrons. The van der Waals surface area contributed by atoms with E-state index in [4.69, 9.17) is 10.5 Å². The average Bonchev–Trinajstić information content (AvgIpc) is 2.31. The summed E-state index contributed by atoms with van der Waals surface area (Å²) in [6, 6.07) is 0.151. The van der Waals surface area contributed by atoms with Crippen molar-refractivity contribution in [2.45, 2.75) is 37.8 Å². The zero-order chi connectivity index (χ0) is 8.27. The minimum atomic E-state index is -2.35. The lowest BCUT2D eigenvalue weighted by Crippen LogP contribution is -2.19. The zero-order valence-corrected chi connectivity index (χ0v) is 6.30. The molecule has 2 unspecified atom stereocenters. The van der Waals surface area contributed by atoms with Gasteiger partial charge in [-0.2, -0.15) is 0 Å². The third kappa shape index (κ3) is 3.12. The maximum Gasteiger partial charge on any atom is 0.261 e. The van der Waals surface area contributed by atoms with E-state index >= 15 is 0 Å². The van der Waals surface area contributed by atoms with Gasteiger partial charge in [0, 0.05) is 6.04 Å². The molecule has 0 aliphatic heterocycles. The molecule has 1 fully saturated rings. The molecule has 4 heteroatoms. The number of alkyl halides is 2. The van der Waals surface area contributed by atoms with Crippen LogP contribution in [-0.2, 0) is 4.74 Å². The molecule has 0 heterocycles. The largest absolute Gasteiger partial charge is 0.372 e. The first-order valence-corrected chi connectivity index (χ1v) is 3.84. The predicted molar refractivity (Wildman–Crippen MR) is 37.6 cm³/mol. The van der Waals surface area contributed by atoms with E-state index in [1.54, 1.807) is 0 Å². The van der Waals surface area contributed by atoms with Crippen molar-refractivity contribution in [1.29, 1.82) is 0 Å². The number of hydrogen-bond donors (Lipinski definition) is 1. The quantitative estimate of drug-likeness (QED) is 0.680. The molecule has 0 aromatic rings. The molecule has 2 atom stereocenters. The molecule has 0 aromatic carbocycles. The summed E-state index contributed by atoms with van der Waals surface area (Å²) >= 11 is 0. The molecule has 0 bridgehead atoms. The van der Waals surface area contributed by atoms with Crippen LogP contribution in [0.25, 0.3) is 0 Å². The summed E-state index contributed by atoms with van der Waals surface area (Å²) in [7, 11) is 0. The SMILES string of the molecule is NC1CCC(OCC(F)F)C1. The van der Waals surface area contributed by atoms with Gasteiger partial charge in [-0.15, -0.1) is 0 Å². The number of ether oxygens (including phenoxy) is 1. The average molecular weight is 165 g/mol. The Kier molecular flexibility index (Phi) is 3.20. The maximum absolute atomic E-state index is 11.6. The van der Waals surface area contributed by atoms with E-state index in [2.05, 4.69) is 0 Å². The molecule has 2 N–H and O–H groups in total. The van der Waals surface area contributed by atoms with Crippen molar-refractivity contribution in [2.24, 2.45) is 5.73 Å². The fourth-order valence-electron chi connectivity index (χ4n) is 1.33. The van der Waals surface area contributed by atoms with Crippen molar-refractivity contribution in [3.8, 4) is 0 Å². The molecule has 0 aromatic heterocycles. The molecule has 2 nitrogen and oxygen atoms in total. The molecule has 1 saturated carbocycles. The van der Waals surface area contributed by atoms with Crippen LogP contribution >= 0.6 is 0 Å². The molecule has 0 spiro atoms. The predicted octanol–water partition coefficient (Wildman–Crippen LogP) is 1.15. The minimum absolute atomic E-state index is 0.0287. The van der Waals surface area contributed by atoms with E-state index in [1.807, 2.05) is 0 Å². The number of nitrogens with two attached hydrogens (primary N) is 1. The van der Waals surface area contributed by atoms with Crippen molar-refractivity contribution in [1.82, 2.24) is 0 Å². The third-order valence-electron chi connectivity index (χ3n) is 1.88. The molecule has 0 radical (unpaired) electrons. The normalized spacial score (nSPS) is 31.6. The van der Waals surface area contributed by atoms with Gasteiger partial charge in [-0.05, 0) is 19.3 Å². The Balaban J connectivity index is 2.08. The standard InChI is InChI=1S/C7H13F2NO/c8-7(9)4-11-6-2-1-5(10)3-6/h5-7H,1-4,10H2. The molecule has 0 saturated heterocycles. The van der Waals surface area contributed by atoms with Crippen LogP contribution in [-0.4, -0.2) is 25.2 Å². The smallest absolute Gasteiger partial charge is 0.261 e. The summed E-state index contributed by atoms with van der Waals surface area (Å²) < 4.78 is 28.2. The second kappa shape index (κ2) is 3.97. The fraction of sp³-hybridized carbons (Fsp3) is 1.00. The lowest BCUT2D eigenvalue weighted by molar-refractivity contribution is -0.0214. The minimum Gasteiger partial charge on any atom is -0.372 e. The number of hydrogen-bond acceptors (Lipinski definition) is 2. The van der Waals surface area contributed by atoms with Crippen LogP contribution in [0.4, 0.5) is 8.78 Å². The van der Waals surface area contributed by atoms with E-state index in [0.717, 1.165) is 19.3 Å². The second-order valence-corrected chi connectivity index (χ2v) is 2.92. The summed E-state index contributed by atoms with van der Waals surface area (Å²) in [5.41, 5.74) is 5.56. The summed E-state index contributed by atoms with van der Waals surface area (Å²) in [6.07, 6.45) is 0.0694. The Hall–Kier alpha value is -0.220. The fourth-order valence-corrected chi connectivity index (χ4v) is 1.33. The zero-order valence-electron chi connectivity index (χ0n) is 6.30. The Bertz CT molecular complexity index is 121. The summed E-state index contributed by atoms with van der Waals surface area (Å²) in [5, 5.41) is 0. The highest BCUT2D eigenvalue weighted by atomic mass is 19.3. The molecule has 1 aliphatic carbocycles. The van der Waals surface area contributed by atoms with E-state index in [0.29, 0.717) is 0 Å². The summed E-state index contributed by atoms with van der Waals surface area (Å²) in [5.74, 6) is 0. The van der Waals surface area contributed by atoms with Crippen molar-refractivity contribution in [2.75, 3.05) is 6.61 Å². The Morgan fingerprint density at radius 2 is 2.18 bits per heavy atom. The van der Waals surface area contributed by atoms with E-state index in [9.17, 15) is 8.78 Å². The highest BCUT2D eigenvalue weighted by Gasteiger charge is 2.22. The van der Waals surface area contributed by atoms with Crippen molar-refractivity contribution < 1.29 is 13.5 Å². The van der Waals surface area contributed by atoms with Crippen LogP contribution in [0.5, 0.6) is 0 Å². The first-order valence-electron chi connectivity index (χ1n) is 3.84.